The quantitative estimate of drug-likeness (QED) is 0.210. The van der Waals surface area contributed by atoms with Crippen LogP contribution in [0.4, 0.5) is 4.79 Å². The van der Waals surface area contributed by atoms with E-state index in [9.17, 15) is 14.4 Å². The lowest BCUT2D eigenvalue weighted by Crippen LogP contribution is -2.25. The highest BCUT2D eigenvalue weighted by molar-refractivity contribution is 5.90. The molecule has 0 fully saturated rings. The highest BCUT2D eigenvalue weighted by Gasteiger charge is 2.16. The number of ether oxygens (including phenoxy) is 2. The zero-order chi connectivity index (χ0) is 23.8. The van der Waals surface area contributed by atoms with Crippen LogP contribution in [0.25, 0.3) is 11.0 Å². The fourth-order valence-corrected chi connectivity index (χ4v) is 3.48. The lowest BCUT2D eigenvalue weighted by Gasteiger charge is -2.12. The first kappa shape index (κ1) is 24.0. The van der Waals surface area contributed by atoms with E-state index in [2.05, 4.69) is 5.32 Å². The van der Waals surface area contributed by atoms with Crippen LogP contribution in [0, 0.1) is 20.8 Å². The summed E-state index contributed by atoms with van der Waals surface area (Å²) in [7, 11) is 0. The summed E-state index contributed by atoms with van der Waals surface area (Å²) < 4.78 is 16.1. The molecule has 0 aliphatic rings. The Labute approximate surface area is 192 Å². The van der Waals surface area contributed by atoms with E-state index < -0.39 is 6.09 Å². The first-order chi connectivity index (χ1) is 15.8. The zero-order valence-corrected chi connectivity index (χ0v) is 19.2. The van der Waals surface area contributed by atoms with E-state index in [4.69, 9.17) is 13.9 Å². The van der Waals surface area contributed by atoms with Crippen molar-refractivity contribution in [2.75, 3.05) is 6.54 Å². The Bertz CT molecular complexity index is 1180. The van der Waals surface area contributed by atoms with Gasteiger partial charge in [0.25, 0.3) is 0 Å². The molecule has 1 aromatic heterocycles. The summed E-state index contributed by atoms with van der Waals surface area (Å²) >= 11 is 0. The maximum Gasteiger partial charge on any atom is 0.407 e. The van der Waals surface area contributed by atoms with Gasteiger partial charge in [-0.05, 0) is 62.4 Å². The number of carbonyl (C=O) groups excluding carboxylic acids is 2. The van der Waals surface area contributed by atoms with Gasteiger partial charge in [0.05, 0.1) is 5.39 Å². The van der Waals surface area contributed by atoms with Crippen molar-refractivity contribution in [1.29, 1.82) is 0 Å². The van der Waals surface area contributed by atoms with Crippen molar-refractivity contribution >= 4 is 23.0 Å². The van der Waals surface area contributed by atoms with E-state index in [0.717, 1.165) is 29.5 Å². The molecule has 3 aromatic rings. The number of rotatable bonds is 9. The van der Waals surface area contributed by atoms with Crippen LogP contribution in [0.1, 0.15) is 47.9 Å². The monoisotopic (exact) mass is 451 g/mol. The van der Waals surface area contributed by atoms with Crippen LogP contribution in [-0.4, -0.2) is 18.6 Å². The molecule has 1 amide bonds. The fraction of sp³-hybridized carbons (Fsp3) is 0.346. The summed E-state index contributed by atoms with van der Waals surface area (Å²) in [5.74, 6) is 0.0579. The Kier molecular flexibility index (Phi) is 8.24. The normalized spacial score (nSPS) is 10.8. The van der Waals surface area contributed by atoms with Crippen LogP contribution < -0.4 is 15.7 Å². The average Bonchev–Trinajstić information content (AvgIpc) is 2.78. The molecule has 0 saturated heterocycles. The second kappa shape index (κ2) is 11.3. The fourth-order valence-electron chi connectivity index (χ4n) is 3.48. The van der Waals surface area contributed by atoms with Gasteiger partial charge in [0.1, 0.15) is 17.9 Å². The van der Waals surface area contributed by atoms with Crippen molar-refractivity contribution in [3.63, 3.8) is 0 Å². The molecule has 174 valence electrons. The largest absolute Gasteiger partial charge is 0.445 e. The van der Waals surface area contributed by atoms with Gasteiger partial charge in [-0.2, -0.15) is 0 Å². The van der Waals surface area contributed by atoms with E-state index in [1.165, 1.54) is 0 Å². The highest BCUT2D eigenvalue weighted by Crippen LogP contribution is 2.31. The first-order valence-corrected chi connectivity index (χ1v) is 11.0. The molecule has 0 bridgehead atoms. The van der Waals surface area contributed by atoms with Gasteiger partial charge in [0.2, 0.25) is 0 Å². The van der Waals surface area contributed by atoms with Crippen LogP contribution in [0.15, 0.2) is 51.7 Å². The van der Waals surface area contributed by atoms with Gasteiger partial charge in [0.15, 0.2) is 0 Å². The second-order valence-corrected chi connectivity index (χ2v) is 8.05. The van der Waals surface area contributed by atoms with Crippen molar-refractivity contribution < 1.29 is 23.5 Å². The predicted octanol–water partition coefficient (Wildman–Crippen LogP) is 5.11. The Balaban J connectivity index is 1.41. The Hall–Kier alpha value is -3.61. The van der Waals surface area contributed by atoms with Gasteiger partial charge in [-0.3, -0.25) is 4.79 Å². The average molecular weight is 452 g/mol. The van der Waals surface area contributed by atoms with Crippen LogP contribution in [0.5, 0.6) is 5.75 Å². The lowest BCUT2D eigenvalue weighted by molar-refractivity contribution is -0.134. The van der Waals surface area contributed by atoms with Crippen molar-refractivity contribution in [3.8, 4) is 5.75 Å². The van der Waals surface area contributed by atoms with Crippen LogP contribution in [0.2, 0.25) is 0 Å². The summed E-state index contributed by atoms with van der Waals surface area (Å²) in [6.45, 7) is 6.07. The molecule has 0 radical (unpaired) electrons. The first-order valence-electron chi connectivity index (χ1n) is 11.0. The second-order valence-electron chi connectivity index (χ2n) is 8.05. The molecule has 0 saturated carbocycles. The molecule has 0 atom stereocenters. The van der Waals surface area contributed by atoms with Crippen molar-refractivity contribution in [2.45, 2.75) is 53.1 Å². The third kappa shape index (κ3) is 6.68. The zero-order valence-electron chi connectivity index (χ0n) is 19.2. The molecule has 33 heavy (non-hydrogen) atoms. The van der Waals surface area contributed by atoms with Crippen LogP contribution in [0.3, 0.4) is 0 Å². The lowest BCUT2D eigenvalue weighted by atomic mass is 10.0. The molecule has 0 unspecified atom stereocenters. The van der Waals surface area contributed by atoms with E-state index in [-0.39, 0.29) is 24.6 Å². The predicted molar refractivity (Wildman–Crippen MR) is 125 cm³/mol. The summed E-state index contributed by atoms with van der Waals surface area (Å²) in [6.07, 6.45) is 1.92. The number of carbonyl (C=O) groups is 2. The molecule has 0 aliphatic carbocycles. The number of nitrogens with one attached hydrogen (secondary N) is 1. The Morgan fingerprint density at radius 1 is 0.970 bits per heavy atom. The molecule has 3 rings (SSSR count). The molecule has 0 aliphatic heterocycles. The van der Waals surface area contributed by atoms with E-state index >= 15 is 0 Å². The summed E-state index contributed by atoms with van der Waals surface area (Å²) in [4.78, 5) is 36.1. The molecule has 1 heterocycles. The third-order valence-electron chi connectivity index (χ3n) is 5.42. The standard InChI is InChI=1S/C26H29NO6/c1-17-14-21(24-18(2)19(3)25(29)33-22(24)15-17)32-23(28)12-8-5-9-13-27-26(30)31-16-20-10-6-4-7-11-20/h4,6-7,10-11,14-15H,5,8-9,12-13,16H2,1-3H3,(H,27,30). The number of amides is 1. The van der Waals surface area contributed by atoms with Gasteiger partial charge >= 0.3 is 17.7 Å². The highest BCUT2D eigenvalue weighted by atomic mass is 16.5. The van der Waals surface area contributed by atoms with Gasteiger partial charge in [-0.15, -0.1) is 0 Å². The Morgan fingerprint density at radius 3 is 2.48 bits per heavy atom. The molecular formula is C26H29NO6. The van der Waals surface area contributed by atoms with Gasteiger partial charge in [0, 0.05) is 18.5 Å². The molecular weight excluding hydrogens is 422 g/mol. The SMILES string of the molecule is Cc1cc(OC(=O)CCCCCNC(=O)OCc2ccccc2)c2c(C)c(C)c(=O)oc2c1. The molecule has 7 nitrogen and oxygen atoms in total. The van der Waals surface area contributed by atoms with Crippen LogP contribution in [-0.2, 0) is 16.1 Å². The van der Waals surface area contributed by atoms with Gasteiger partial charge in [-0.25, -0.2) is 9.59 Å². The van der Waals surface area contributed by atoms with E-state index in [1.54, 1.807) is 19.1 Å². The van der Waals surface area contributed by atoms with E-state index in [0.29, 0.717) is 35.2 Å². The molecule has 7 heteroatoms. The van der Waals surface area contributed by atoms with Crippen molar-refractivity contribution in [1.82, 2.24) is 5.32 Å². The minimum Gasteiger partial charge on any atom is -0.445 e. The molecule has 1 N–H and O–H groups in total. The number of aryl methyl sites for hydroxylation is 2. The minimum absolute atomic E-state index is 0.231. The van der Waals surface area contributed by atoms with Crippen molar-refractivity contribution in [3.05, 3.63) is 75.1 Å². The number of fused-ring (bicyclic) bond motifs is 1. The number of benzene rings is 2. The topological polar surface area (TPSA) is 94.8 Å². The number of esters is 1. The van der Waals surface area contributed by atoms with Crippen molar-refractivity contribution in [2.24, 2.45) is 0 Å². The van der Waals surface area contributed by atoms with Gasteiger partial charge in [-0.1, -0.05) is 36.8 Å². The number of hydrogen-bond acceptors (Lipinski definition) is 6. The molecule has 2 aromatic carbocycles. The number of alkyl carbamates (subject to hydrolysis) is 1. The maximum absolute atomic E-state index is 12.4. The summed E-state index contributed by atoms with van der Waals surface area (Å²) in [5.41, 5.74) is 3.03. The van der Waals surface area contributed by atoms with E-state index in [1.807, 2.05) is 44.2 Å². The molecule has 0 spiro atoms. The Morgan fingerprint density at radius 2 is 1.73 bits per heavy atom. The maximum atomic E-state index is 12.4. The number of unbranched alkanes of at least 4 members (excludes halogenated alkanes) is 2. The number of hydrogen-bond donors (Lipinski definition) is 1. The minimum atomic E-state index is -0.457. The van der Waals surface area contributed by atoms with Gasteiger partial charge < -0.3 is 19.2 Å². The smallest absolute Gasteiger partial charge is 0.407 e. The summed E-state index contributed by atoms with van der Waals surface area (Å²) in [6, 6.07) is 13.0. The summed E-state index contributed by atoms with van der Waals surface area (Å²) in [5, 5.41) is 3.35. The van der Waals surface area contributed by atoms with Crippen LogP contribution >= 0.6 is 0 Å². The third-order valence-corrected chi connectivity index (χ3v) is 5.42.